The SMILES string of the molecule is C.OC1CC[N-]C1.[U].[W]. The van der Waals surface area contributed by atoms with Gasteiger partial charge in [0.2, 0.25) is 0 Å². The van der Waals surface area contributed by atoms with E-state index in [4.69, 9.17) is 5.11 Å². The van der Waals surface area contributed by atoms with Crippen molar-refractivity contribution in [2.75, 3.05) is 13.1 Å². The number of hydrogen-bond acceptors (Lipinski definition) is 1. The molecule has 0 radical (unpaired) electrons. The first-order valence-corrected chi connectivity index (χ1v) is 2.21. The number of aliphatic hydroxyl groups excluding tert-OH is 1. The number of rotatable bonds is 0. The first-order valence-electron chi connectivity index (χ1n) is 2.21. The van der Waals surface area contributed by atoms with Crippen molar-refractivity contribution in [1.82, 2.24) is 0 Å². The first-order chi connectivity index (χ1) is 2.89. The fourth-order valence-electron chi connectivity index (χ4n) is 0.572. The molecule has 54 valence electrons. The fourth-order valence-corrected chi connectivity index (χ4v) is 0.572. The van der Waals surface area contributed by atoms with Crippen LogP contribution in [-0.4, -0.2) is 24.3 Å². The van der Waals surface area contributed by atoms with Gasteiger partial charge in [-0.1, -0.05) is 7.43 Å². The van der Waals surface area contributed by atoms with Crippen molar-refractivity contribution < 1.29 is 57.3 Å². The van der Waals surface area contributed by atoms with Gasteiger partial charge >= 0.3 is 0 Å². The van der Waals surface area contributed by atoms with Gasteiger partial charge in [0.05, 0.1) is 0 Å². The summed E-state index contributed by atoms with van der Waals surface area (Å²) in [6, 6.07) is 0. The maximum absolute atomic E-state index is 8.64. The number of nitrogens with zero attached hydrogens (tertiary/aromatic N) is 1. The van der Waals surface area contributed by atoms with Gasteiger partial charge < -0.3 is 10.4 Å². The molecule has 1 heterocycles. The molecule has 1 aliphatic rings. The maximum Gasteiger partial charge on any atom is 0.0336 e. The van der Waals surface area contributed by atoms with Gasteiger partial charge in [-0.2, -0.15) is 0 Å². The topological polar surface area (TPSA) is 34.3 Å². The van der Waals surface area contributed by atoms with Crippen LogP contribution in [0.1, 0.15) is 13.8 Å². The van der Waals surface area contributed by atoms with E-state index in [-0.39, 0.29) is 65.7 Å². The van der Waals surface area contributed by atoms with Crippen LogP contribution in [-0.2, 0) is 21.1 Å². The van der Waals surface area contributed by atoms with E-state index in [1.165, 1.54) is 0 Å². The summed E-state index contributed by atoms with van der Waals surface area (Å²) in [4.78, 5) is 0. The normalized spacial score (nSPS) is 23.0. The van der Waals surface area contributed by atoms with Crippen molar-refractivity contribution in [1.29, 1.82) is 0 Å². The number of aliphatic hydroxyl groups is 1. The van der Waals surface area contributed by atoms with Gasteiger partial charge in [-0.05, 0) is 6.42 Å². The molecule has 0 aromatic carbocycles. The van der Waals surface area contributed by atoms with E-state index >= 15 is 0 Å². The molecule has 1 N–H and O–H groups in total. The Kier molecular flexibility index (Phi) is 18.2. The summed E-state index contributed by atoms with van der Waals surface area (Å²) in [6.45, 7) is 1.53. The van der Waals surface area contributed by atoms with Crippen LogP contribution in [0.4, 0.5) is 0 Å². The third-order valence-corrected chi connectivity index (χ3v) is 0.960. The van der Waals surface area contributed by atoms with Crippen LogP contribution >= 0.6 is 0 Å². The Labute approximate surface area is 94.8 Å². The smallest absolute Gasteiger partial charge is 0.0336 e. The summed E-state index contributed by atoms with van der Waals surface area (Å²) in [6.07, 6.45) is 0.755. The monoisotopic (exact) mass is 524 g/mol. The van der Waals surface area contributed by atoms with Gasteiger partial charge in [0, 0.05) is 58.3 Å². The van der Waals surface area contributed by atoms with Gasteiger partial charge in [0.15, 0.2) is 0 Å². The zero-order valence-corrected chi connectivity index (χ0v) is 11.6. The predicted octanol–water partition coefficient (Wildman–Crippen LogP) is 0.758. The third-order valence-electron chi connectivity index (χ3n) is 0.960. The van der Waals surface area contributed by atoms with Crippen LogP contribution < -0.4 is 0 Å². The molecule has 0 aliphatic carbocycles. The van der Waals surface area contributed by atoms with Crippen LogP contribution in [0.2, 0.25) is 0 Å². The molecule has 0 spiro atoms. The molecule has 1 rings (SSSR count). The maximum atomic E-state index is 8.64. The van der Waals surface area contributed by atoms with E-state index in [2.05, 4.69) is 5.32 Å². The molecule has 0 amide bonds. The molecular formula is C5H12NOUW-. The molecule has 1 fully saturated rings. The zero-order chi connectivity index (χ0) is 4.41. The van der Waals surface area contributed by atoms with Crippen LogP contribution in [0.25, 0.3) is 5.32 Å². The Hall–Kier alpha value is 1.66. The van der Waals surface area contributed by atoms with E-state index in [9.17, 15) is 0 Å². The summed E-state index contributed by atoms with van der Waals surface area (Å²) in [5.74, 6) is 0. The molecule has 0 bridgehead atoms. The van der Waals surface area contributed by atoms with Gasteiger partial charge in [-0.25, -0.2) is 0 Å². The van der Waals surface area contributed by atoms with Gasteiger partial charge in [-0.3, -0.25) is 0 Å². The van der Waals surface area contributed by atoms with Gasteiger partial charge in [0.25, 0.3) is 0 Å². The van der Waals surface area contributed by atoms with Crippen molar-refractivity contribution in [2.45, 2.75) is 20.0 Å². The molecule has 4 heteroatoms. The van der Waals surface area contributed by atoms with Crippen LogP contribution in [0.15, 0.2) is 0 Å². The molecule has 2 nitrogen and oxygen atoms in total. The minimum absolute atomic E-state index is 0. The first kappa shape index (κ1) is 17.0. The Morgan fingerprint density at radius 2 is 2.00 bits per heavy atom. The van der Waals surface area contributed by atoms with Crippen LogP contribution in [0.3, 0.4) is 0 Å². The number of hydrogen-bond donors (Lipinski definition) is 1. The molecule has 0 aromatic heterocycles. The average Bonchev–Trinajstić information content (AvgIpc) is 1.86. The summed E-state index contributed by atoms with van der Waals surface area (Å²) in [5, 5.41) is 12.5. The Morgan fingerprint density at radius 3 is 2.11 bits per heavy atom. The minimum atomic E-state index is -0.120. The van der Waals surface area contributed by atoms with E-state index < -0.39 is 0 Å². The summed E-state index contributed by atoms with van der Waals surface area (Å²) in [5.41, 5.74) is 0. The van der Waals surface area contributed by atoms with E-state index in [0.29, 0.717) is 6.54 Å². The van der Waals surface area contributed by atoms with Crippen molar-refractivity contribution in [3.05, 3.63) is 5.32 Å². The van der Waals surface area contributed by atoms with E-state index in [1.807, 2.05) is 0 Å². The summed E-state index contributed by atoms with van der Waals surface area (Å²) >= 11 is 0. The molecule has 1 atom stereocenters. The van der Waals surface area contributed by atoms with Crippen LogP contribution in [0.5, 0.6) is 0 Å². The van der Waals surface area contributed by atoms with Crippen molar-refractivity contribution >= 4 is 0 Å². The second-order valence-corrected chi connectivity index (χ2v) is 1.57. The Bertz CT molecular complexity index is 50.2. The zero-order valence-electron chi connectivity index (χ0n) is 4.50. The Morgan fingerprint density at radius 1 is 1.44 bits per heavy atom. The predicted molar refractivity (Wildman–Crippen MR) is 30.4 cm³/mol. The third kappa shape index (κ3) is 7.56. The minimum Gasteiger partial charge on any atom is -0.660 e. The second-order valence-electron chi connectivity index (χ2n) is 1.57. The fraction of sp³-hybridized carbons (Fsp3) is 1.00. The molecular weight excluding hydrogens is 512 g/mol. The van der Waals surface area contributed by atoms with Gasteiger partial charge in [0.1, 0.15) is 0 Å². The molecule has 1 saturated heterocycles. The average molecular weight is 524 g/mol. The van der Waals surface area contributed by atoms with Crippen molar-refractivity contribution in [3.63, 3.8) is 0 Å². The molecule has 0 saturated carbocycles. The quantitative estimate of drug-likeness (QED) is 0.500. The summed E-state index contributed by atoms with van der Waals surface area (Å²) in [7, 11) is 0. The van der Waals surface area contributed by atoms with E-state index in [0.717, 1.165) is 13.0 Å². The Balaban J connectivity index is -0.000000120. The summed E-state index contributed by atoms with van der Waals surface area (Å²) < 4.78 is 0. The molecule has 1 unspecified atom stereocenters. The largest absolute Gasteiger partial charge is 0.660 e. The van der Waals surface area contributed by atoms with Gasteiger partial charge in [-0.15, -0.1) is 13.1 Å². The second kappa shape index (κ2) is 9.66. The van der Waals surface area contributed by atoms with Crippen LogP contribution in [0, 0.1) is 31.1 Å². The van der Waals surface area contributed by atoms with E-state index in [1.54, 1.807) is 0 Å². The standard InChI is InChI=1S/C4H8NO.CH4.U.W/c6-4-1-2-5-3-4;;;/h4,6H,1-3H2;1H4;;/q-1;;;. The molecule has 1 aliphatic heterocycles. The molecule has 9 heavy (non-hydrogen) atoms. The van der Waals surface area contributed by atoms with Crippen molar-refractivity contribution in [3.8, 4) is 0 Å². The van der Waals surface area contributed by atoms with Crippen molar-refractivity contribution in [2.24, 2.45) is 0 Å². The molecule has 0 aromatic rings.